The molecule has 3 aliphatic carbocycles. The summed E-state index contributed by atoms with van der Waals surface area (Å²) in [6.45, 7) is 2.81. The van der Waals surface area contributed by atoms with Gasteiger partial charge in [-0.05, 0) is 109 Å². The number of hydrogen-bond acceptors (Lipinski definition) is 3. The van der Waals surface area contributed by atoms with E-state index < -0.39 is 5.60 Å². The van der Waals surface area contributed by atoms with Crippen molar-refractivity contribution in [2.45, 2.75) is 95.2 Å². The van der Waals surface area contributed by atoms with Gasteiger partial charge in [-0.15, -0.1) is 0 Å². The maximum atomic E-state index is 12.4. The molecule has 2 unspecified atom stereocenters. The van der Waals surface area contributed by atoms with E-state index in [0.29, 0.717) is 29.1 Å². The standard InChI is InChI=1S/C32H42O3/c1-31-18-16-27-26-13-12-25-20-23(26)21-32(34,17-6-3-7-19-33)30(27)28(31)14-10-24(31)11-15-29(35-25)22-8-4-2-5-9-22/h2,4-5,8-9,12-13,20,24,27-30,33-34H,3,6-7,10-11,14-19,21H2,1H3/t24-,27?,28+,29?,30+,31-,32-/m1/s1. The molecule has 3 nitrogen and oxygen atoms in total. The first-order chi connectivity index (χ1) is 17.0. The Balaban J connectivity index is 1.43. The number of hydrogen-bond donors (Lipinski definition) is 2. The fraction of sp³-hybridized carbons (Fsp3) is 0.625. The molecule has 2 N–H and O–H groups in total. The molecule has 2 saturated carbocycles. The van der Waals surface area contributed by atoms with Crippen LogP contribution in [0.25, 0.3) is 0 Å². The molecule has 4 aliphatic heterocycles. The summed E-state index contributed by atoms with van der Waals surface area (Å²) in [6, 6.07) is 17.5. The van der Waals surface area contributed by atoms with Crippen LogP contribution >= 0.6 is 0 Å². The predicted molar refractivity (Wildman–Crippen MR) is 139 cm³/mol. The quantitative estimate of drug-likeness (QED) is 0.445. The van der Waals surface area contributed by atoms with Crippen LogP contribution in [0.4, 0.5) is 0 Å². The molecule has 4 heterocycles. The van der Waals surface area contributed by atoms with E-state index in [1.165, 1.54) is 48.8 Å². The molecule has 0 spiro atoms. The van der Waals surface area contributed by atoms with Crippen molar-refractivity contribution in [3.05, 3.63) is 65.2 Å². The lowest BCUT2D eigenvalue weighted by molar-refractivity contribution is -0.115. The lowest BCUT2D eigenvalue weighted by Crippen LogP contribution is -2.55. The summed E-state index contributed by atoms with van der Waals surface area (Å²) in [7, 11) is 0. The lowest BCUT2D eigenvalue weighted by atomic mass is 9.49. The van der Waals surface area contributed by atoms with E-state index in [1.54, 1.807) is 0 Å². The molecule has 2 aromatic rings. The molecule has 0 radical (unpaired) electrons. The molecule has 0 amide bonds. The molecule has 2 fully saturated rings. The number of benzene rings is 2. The highest BCUT2D eigenvalue weighted by atomic mass is 16.5. The number of ether oxygens (including phenoxy) is 1. The van der Waals surface area contributed by atoms with Crippen LogP contribution in [0.2, 0.25) is 0 Å². The van der Waals surface area contributed by atoms with E-state index in [4.69, 9.17) is 4.74 Å². The minimum atomic E-state index is -0.653. The number of aliphatic hydroxyl groups excluding tert-OH is 1. The smallest absolute Gasteiger partial charge is 0.124 e. The van der Waals surface area contributed by atoms with Crippen LogP contribution in [0.5, 0.6) is 5.75 Å². The highest BCUT2D eigenvalue weighted by Gasteiger charge is 2.60. The molecule has 0 aromatic heterocycles. The Hall–Kier alpha value is -1.84. The Morgan fingerprint density at radius 1 is 0.943 bits per heavy atom. The van der Waals surface area contributed by atoms with Crippen molar-refractivity contribution in [2.75, 3.05) is 6.61 Å². The van der Waals surface area contributed by atoms with Gasteiger partial charge >= 0.3 is 0 Å². The second-order valence-electron chi connectivity index (χ2n) is 12.3. The average Bonchev–Trinajstić information content (AvgIpc) is 3.21. The molecule has 8 bridgehead atoms. The third kappa shape index (κ3) is 4.03. The molecule has 0 saturated heterocycles. The van der Waals surface area contributed by atoms with Gasteiger partial charge in [0.25, 0.3) is 0 Å². The molecule has 188 valence electrons. The summed E-state index contributed by atoms with van der Waals surface area (Å²) >= 11 is 0. The van der Waals surface area contributed by atoms with Gasteiger partial charge in [0.1, 0.15) is 11.9 Å². The van der Waals surface area contributed by atoms with Crippen molar-refractivity contribution in [3.8, 4) is 5.75 Å². The van der Waals surface area contributed by atoms with Crippen LogP contribution in [0.3, 0.4) is 0 Å². The van der Waals surface area contributed by atoms with Crippen molar-refractivity contribution in [1.29, 1.82) is 0 Å². The number of unbranched alkanes of at least 4 members (excludes halogenated alkanes) is 2. The van der Waals surface area contributed by atoms with Crippen molar-refractivity contribution in [1.82, 2.24) is 0 Å². The van der Waals surface area contributed by atoms with Gasteiger partial charge in [0.15, 0.2) is 0 Å². The van der Waals surface area contributed by atoms with Crippen molar-refractivity contribution >= 4 is 0 Å². The van der Waals surface area contributed by atoms with Crippen LogP contribution in [0, 0.1) is 23.2 Å². The molecule has 7 atom stereocenters. The van der Waals surface area contributed by atoms with Crippen molar-refractivity contribution in [2.24, 2.45) is 23.2 Å². The average molecular weight is 475 g/mol. The summed E-state index contributed by atoms with van der Waals surface area (Å²) in [5.74, 6) is 3.06. The monoisotopic (exact) mass is 474 g/mol. The Labute approximate surface area is 210 Å². The van der Waals surface area contributed by atoms with Gasteiger partial charge in [-0.25, -0.2) is 0 Å². The van der Waals surface area contributed by atoms with Gasteiger partial charge in [0.05, 0.1) is 5.60 Å². The maximum absolute atomic E-state index is 12.4. The van der Waals surface area contributed by atoms with E-state index in [2.05, 4.69) is 55.5 Å². The number of fused-ring (bicyclic) bond motifs is 1. The third-order valence-corrected chi connectivity index (χ3v) is 10.6. The zero-order chi connectivity index (χ0) is 24.0. The van der Waals surface area contributed by atoms with E-state index in [1.807, 2.05) is 0 Å². The minimum Gasteiger partial charge on any atom is -0.486 e. The Kier molecular flexibility index (Phi) is 6.21. The summed E-state index contributed by atoms with van der Waals surface area (Å²) in [6.07, 6.45) is 11.8. The normalized spacial score (nSPS) is 37.5. The summed E-state index contributed by atoms with van der Waals surface area (Å²) < 4.78 is 6.73. The first kappa shape index (κ1) is 23.6. The SMILES string of the molecule is C[C@]12CCC3c4ccc5cc4C[C@](O)(CCCCCO)[C@@H]3[C@@H]1CC[C@@H]2CCC(c1ccccc1)O5. The minimum absolute atomic E-state index is 0.0735. The zero-order valence-corrected chi connectivity index (χ0v) is 21.3. The van der Waals surface area contributed by atoms with E-state index >= 15 is 0 Å². The molecule has 2 aromatic carbocycles. The van der Waals surface area contributed by atoms with Crippen LogP contribution in [0.15, 0.2) is 48.5 Å². The molecular weight excluding hydrogens is 432 g/mol. The lowest BCUT2D eigenvalue weighted by Gasteiger charge is -2.57. The first-order valence-corrected chi connectivity index (χ1v) is 14.2. The van der Waals surface area contributed by atoms with E-state index in [9.17, 15) is 10.2 Å². The fourth-order valence-electron chi connectivity index (χ4n) is 8.89. The van der Waals surface area contributed by atoms with E-state index in [0.717, 1.165) is 44.3 Å². The topological polar surface area (TPSA) is 49.7 Å². The van der Waals surface area contributed by atoms with Gasteiger partial charge in [0.2, 0.25) is 0 Å². The molecule has 7 aliphatic rings. The Morgan fingerprint density at radius 2 is 1.77 bits per heavy atom. The van der Waals surface area contributed by atoms with Crippen LogP contribution < -0.4 is 4.74 Å². The fourth-order valence-corrected chi connectivity index (χ4v) is 8.89. The largest absolute Gasteiger partial charge is 0.486 e. The zero-order valence-electron chi connectivity index (χ0n) is 21.3. The van der Waals surface area contributed by atoms with Crippen LogP contribution in [-0.4, -0.2) is 22.4 Å². The molecule has 9 rings (SSSR count). The van der Waals surface area contributed by atoms with Crippen LogP contribution in [0.1, 0.15) is 99.8 Å². The van der Waals surface area contributed by atoms with Gasteiger partial charge < -0.3 is 14.9 Å². The van der Waals surface area contributed by atoms with Crippen molar-refractivity contribution < 1.29 is 14.9 Å². The van der Waals surface area contributed by atoms with E-state index in [-0.39, 0.29) is 12.7 Å². The summed E-state index contributed by atoms with van der Waals surface area (Å²) in [4.78, 5) is 0. The molecule has 3 heteroatoms. The Morgan fingerprint density at radius 3 is 2.60 bits per heavy atom. The highest BCUT2D eigenvalue weighted by molar-refractivity contribution is 5.43. The maximum Gasteiger partial charge on any atom is 0.124 e. The first-order valence-electron chi connectivity index (χ1n) is 14.2. The molecular formula is C32H42O3. The van der Waals surface area contributed by atoms with Crippen LogP contribution in [-0.2, 0) is 6.42 Å². The summed E-state index contributed by atoms with van der Waals surface area (Å²) in [5, 5.41) is 21.7. The second kappa shape index (κ2) is 9.23. The number of aliphatic hydroxyl groups is 2. The number of rotatable bonds is 6. The second-order valence-corrected chi connectivity index (χ2v) is 12.3. The van der Waals surface area contributed by atoms with Gasteiger partial charge in [0, 0.05) is 13.0 Å². The van der Waals surface area contributed by atoms with Gasteiger partial charge in [-0.1, -0.05) is 56.2 Å². The predicted octanol–water partition coefficient (Wildman–Crippen LogP) is 6.97. The Bertz CT molecular complexity index is 1030. The highest BCUT2D eigenvalue weighted by Crippen LogP contribution is 2.66. The van der Waals surface area contributed by atoms with Gasteiger partial charge in [-0.2, -0.15) is 0 Å². The summed E-state index contributed by atoms with van der Waals surface area (Å²) in [5.41, 5.74) is 3.71. The molecule has 35 heavy (non-hydrogen) atoms. The van der Waals surface area contributed by atoms with Gasteiger partial charge in [-0.3, -0.25) is 0 Å². The van der Waals surface area contributed by atoms with Crippen molar-refractivity contribution in [3.63, 3.8) is 0 Å². The third-order valence-electron chi connectivity index (χ3n) is 10.6.